The van der Waals surface area contributed by atoms with Crippen LogP contribution in [0.1, 0.15) is 5.56 Å². The molecule has 0 aliphatic heterocycles. The molecule has 1 heterocycles. The third kappa shape index (κ3) is 2.68. The van der Waals surface area contributed by atoms with Crippen LogP contribution in [0.3, 0.4) is 0 Å². The molecule has 0 saturated heterocycles. The van der Waals surface area contributed by atoms with E-state index in [-0.39, 0.29) is 19.0 Å². The van der Waals surface area contributed by atoms with Gasteiger partial charge in [-0.25, -0.2) is 4.98 Å². The summed E-state index contributed by atoms with van der Waals surface area (Å²) in [5.74, 6) is 0.872. The Bertz CT molecular complexity index is 240. The predicted molar refractivity (Wildman–Crippen MR) is 51.7 cm³/mol. The Morgan fingerprint density at radius 2 is 2.17 bits per heavy atom. The number of anilines is 1. The second-order valence-corrected chi connectivity index (χ2v) is 2.57. The first-order chi connectivity index (χ1) is 5.24. The fourth-order valence-corrected chi connectivity index (χ4v) is 0.803. The van der Waals surface area contributed by atoms with Crippen LogP contribution < -0.4 is 4.90 Å². The van der Waals surface area contributed by atoms with Crippen LogP contribution in [0.15, 0.2) is 18.3 Å². The van der Waals surface area contributed by atoms with Crippen molar-refractivity contribution >= 4 is 18.2 Å². The fraction of sp³-hybridized carbons (Fsp3) is 0.375. The van der Waals surface area contributed by atoms with Gasteiger partial charge in [-0.15, -0.1) is 12.4 Å². The molecule has 0 radical (unpaired) electrons. The molecule has 1 aromatic heterocycles. The number of pyridine rings is 1. The van der Waals surface area contributed by atoms with Crippen LogP contribution in [0.5, 0.6) is 0 Å². The van der Waals surface area contributed by atoms with Crippen molar-refractivity contribution in [2.24, 2.45) is 0 Å². The Hall–Kier alpha value is -0.800. The third-order valence-electron chi connectivity index (χ3n) is 1.45. The van der Waals surface area contributed by atoms with Crippen molar-refractivity contribution in [3.8, 4) is 0 Å². The summed E-state index contributed by atoms with van der Waals surface area (Å²) >= 11 is 0. The second kappa shape index (κ2) is 4.95. The number of rotatable bonds is 2. The minimum Gasteiger partial charge on any atom is -0.392 e. The van der Waals surface area contributed by atoms with E-state index in [0.29, 0.717) is 0 Å². The first-order valence-electron chi connectivity index (χ1n) is 3.47. The van der Waals surface area contributed by atoms with Crippen LogP contribution in [-0.2, 0) is 6.61 Å². The molecule has 0 aromatic carbocycles. The Balaban J connectivity index is 0.00000121. The summed E-state index contributed by atoms with van der Waals surface area (Å²) in [4.78, 5) is 6.00. The topological polar surface area (TPSA) is 36.4 Å². The van der Waals surface area contributed by atoms with E-state index in [0.717, 1.165) is 11.4 Å². The van der Waals surface area contributed by atoms with Crippen LogP contribution in [-0.4, -0.2) is 24.2 Å². The summed E-state index contributed by atoms with van der Waals surface area (Å²) < 4.78 is 0. The van der Waals surface area contributed by atoms with E-state index in [1.54, 1.807) is 12.3 Å². The van der Waals surface area contributed by atoms with Crippen LogP contribution in [0.2, 0.25) is 0 Å². The van der Waals surface area contributed by atoms with E-state index in [9.17, 15) is 0 Å². The molecule has 0 atom stereocenters. The highest BCUT2D eigenvalue weighted by Crippen LogP contribution is 2.08. The molecule has 0 unspecified atom stereocenters. The van der Waals surface area contributed by atoms with Gasteiger partial charge in [-0.05, 0) is 17.7 Å². The molecule has 0 amide bonds. The molecule has 1 N–H and O–H groups in total. The maximum atomic E-state index is 8.80. The highest BCUT2D eigenvalue weighted by atomic mass is 35.5. The summed E-state index contributed by atoms with van der Waals surface area (Å²) in [5.41, 5.74) is 0.892. The molecule has 0 fully saturated rings. The monoisotopic (exact) mass is 188 g/mol. The van der Waals surface area contributed by atoms with Crippen molar-refractivity contribution in [3.63, 3.8) is 0 Å². The number of aliphatic hydroxyl groups excluding tert-OH is 1. The summed E-state index contributed by atoms with van der Waals surface area (Å²) in [6, 6.07) is 3.66. The van der Waals surface area contributed by atoms with Crippen LogP contribution in [0.4, 0.5) is 5.82 Å². The Morgan fingerprint density at radius 3 is 2.67 bits per heavy atom. The molecule has 68 valence electrons. The molecule has 0 aliphatic rings. The summed E-state index contributed by atoms with van der Waals surface area (Å²) in [5, 5.41) is 8.80. The van der Waals surface area contributed by atoms with Gasteiger partial charge in [-0.3, -0.25) is 0 Å². The average Bonchev–Trinajstić information content (AvgIpc) is 2.05. The highest BCUT2D eigenvalue weighted by molar-refractivity contribution is 5.85. The number of hydrogen-bond donors (Lipinski definition) is 1. The first-order valence-corrected chi connectivity index (χ1v) is 3.47. The van der Waals surface area contributed by atoms with Gasteiger partial charge in [-0.1, -0.05) is 0 Å². The smallest absolute Gasteiger partial charge is 0.128 e. The lowest BCUT2D eigenvalue weighted by molar-refractivity contribution is 0.282. The molecule has 1 rings (SSSR count). The third-order valence-corrected chi connectivity index (χ3v) is 1.45. The zero-order valence-corrected chi connectivity index (χ0v) is 8.01. The van der Waals surface area contributed by atoms with E-state index >= 15 is 0 Å². The Kier molecular flexibility index (Phi) is 4.62. The molecular weight excluding hydrogens is 176 g/mol. The molecule has 1 aromatic rings. The molecule has 3 nitrogen and oxygen atoms in total. The van der Waals surface area contributed by atoms with Gasteiger partial charge in [0, 0.05) is 20.3 Å². The van der Waals surface area contributed by atoms with Crippen LogP contribution in [0, 0.1) is 0 Å². The zero-order chi connectivity index (χ0) is 8.27. The van der Waals surface area contributed by atoms with Gasteiger partial charge in [0.15, 0.2) is 0 Å². The molecular formula is C8H13ClN2O. The molecule has 0 saturated carbocycles. The minimum absolute atomic E-state index is 0. The highest BCUT2D eigenvalue weighted by Gasteiger charge is 1.96. The van der Waals surface area contributed by atoms with E-state index in [2.05, 4.69) is 4.98 Å². The normalized spacial score (nSPS) is 8.92. The molecule has 4 heteroatoms. The predicted octanol–water partition coefficient (Wildman–Crippen LogP) is 1.06. The van der Waals surface area contributed by atoms with E-state index < -0.39 is 0 Å². The standard InChI is InChI=1S/C8H12N2O.ClH/c1-10(2)8-5-7(6-11)3-4-9-8;/h3-5,11H,6H2,1-2H3;1H. The van der Waals surface area contributed by atoms with Crippen LogP contribution in [0.25, 0.3) is 0 Å². The number of aliphatic hydroxyl groups is 1. The van der Waals surface area contributed by atoms with Crippen molar-refractivity contribution in [2.45, 2.75) is 6.61 Å². The van der Waals surface area contributed by atoms with Crippen LogP contribution >= 0.6 is 12.4 Å². The lowest BCUT2D eigenvalue weighted by atomic mass is 10.3. The number of nitrogens with zero attached hydrogens (tertiary/aromatic N) is 2. The number of halogens is 1. The van der Waals surface area contributed by atoms with Gasteiger partial charge in [0.05, 0.1) is 6.61 Å². The lowest BCUT2D eigenvalue weighted by Gasteiger charge is -2.10. The van der Waals surface area contributed by atoms with Crippen molar-refractivity contribution in [2.75, 3.05) is 19.0 Å². The minimum atomic E-state index is 0. The van der Waals surface area contributed by atoms with E-state index in [4.69, 9.17) is 5.11 Å². The largest absolute Gasteiger partial charge is 0.392 e. The second-order valence-electron chi connectivity index (χ2n) is 2.57. The van der Waals surface area contributed by atoms with E-state index in [1.165, 1.54) is 0 Å². The number of hydrogen-bond acceptors (Lipinski definition) is 3. The molecule has 0 bridgehead atoms. The average molecular weight is 189 g/mol. The number of aromatic nitrogens is 1. The van der Waals surface area contributed by atoms with Crippen molar-refractivity contribution in [1.29, 1.82) is 0 Å². The van der Waals surface area contributed by atoms with Crippen molar-refractivity contribution < 1.29 is 5.11 Å². The maximum absolute atomic E-state index is 8.80. The Morgan fingerprint density at radius 1 is 1.50 bits per heavy atom. The Labute approximate surface area is 78.5 Å². The molecule has 0 aliphatic carbocycles. The van der Waals surface area contributed by atoms with Gasteiger partial charge < -0.3 is 10.0 Å². The van der Waals surface area contributed by atoms with Gasteiger partial charge in [0.2, 0.25) is 0 Å². The van der Waals surface area contributed by atoms with Gasteiger partial charge in [-0.2, -0.15) is 0 Å². The van der Waals surface area contributed by atoms with Gasteiger partial charge in [0.1, 0.15) is 5.82 Å². The van der Waals surface area contributed by atoms with Crippen molar-refractivity contribution in [1.82, 2.24) is 4.98 Å². The quantitative estimate of drug-likeness (QED) is 0.754. The maximum Gasteiger partial charge on any atom is 0.128 e. The lowest BCUT2D eigenvalue weighted by Crippen LogP contribution is -2.10. The summed E-state index contributed by atoms with van der Waals surface area (Å²) in [7, 11) is 3.84. The molecule has 0 spiro atoms. The summed E-state index contributed by atoms with van der Waals surface area (Å²) in [6.07, 6.45) is 1.70. The van der Waals surface area contributed by atoms with Gasteiger partial charge in [0.25, 0.3) is 0 Å². The SMILES string of the molecule is CN(C)c1cc(CO)ccn1.Cl. The van der Waals surface area contributed by atoms with Gasteiger partial charge >= 0.3 is 0 Å². The van der Waals surface area contributed by atoms with E-state index in [1.807, 2.05) is 25.1 Å². The summed E-state index contributed by atoms with van der Waals surface area (Å²) in [6.45, 7) is 0.0728. The fourth-order valence-electron chi connectivity index (χ4n) is 0.803. The first kappa shape index (κ1) is 11.2. The van der Waals surface area contributed by atoms with Crippen molar-refractivity contribution in [3.05, 3.63) is 23.9 Å². The zero-order valence-electron chi connectivity index (χ0n) is 7.19. The molecule has 12 heavy (non-hydrogen) atoms.